The molecule has 3 N–H and O–H groups in total. The number of nitrogens with one attached hydrogen (secondary N) is 2. The molecule has 1 aliphatic rings. The van der Waals surface area contributed by atoms with E-state index in [4.69, 9.17) is 0 Å². The van der Waals surface area contributed by atoms with Crippen molar-refractivity contribution in [1.82, 2.24) is 15.4 Å². The summed E-state index contributed by atoms with van der Waals surface area (Å²) in [4.78, 5) is 36.5. The fraction of sp³-hybridized carbons (Fsp3) is 0.435. The van der Waals surface area contributed by atoms with E-state index in [-0.39, 0.29) is 18.7 Å². The molecule has 2 aromatic rings. The van der Waals surface area contributed by atoms with Crippen LogP contribution in [0.3, 0.4) is 0 Å². The van der Waals surface area contributed by atoms with Gasteiger partial charge in [0.1, 0.15) is 5.82 Å². The van der Waals surface area contributed by atoms with E-state index in [0.29, 0.717) is 24.1 Å². The zero-order valence-corrected chi connectivity index (χ0v) is 17.8. The summed E-state index contributed by atoms with van der Waals surface area (Å²) in [5.74, 6) is -2.12. The number of amides is 2. The van der Waals surface area contributed by atoms with E-state index in [1.165, 1.54) is 12.1 Å². The number of nitrogens with zero attached hydrogens (tertiary/aromatic N) is 1. The van der Waals surface area contributed by atoms with Crippen LogP contribution in [0.2, 0.25) is 0 Å². The number of aromatic nitrogens is 1. The van der Waals surface area contributed by atoms with E-state index in [2.05, 4.69) is 10.9 Å². The molecule has 8 heteroatoms. The normalized spacial score (nSPS) is 15.3. The number of hydrazine groups is 1. The Morgan fingerprint density at radius 1 is 1.03 bits per heavy atom. The molecule has 2 amide bonds. The summed E-state index contributed by atoms with van der Waals surface area (Å²) in [6.45, 7) is 3.61. The Bertz CT molecular complexity index is 975. The van der Waals surface area contributed by atoms with E-state index in [1.54, 1.807) is 25.1 Å². The molecule has 3 rings (SSSR count). The minimum Gasteiger partial charge on any atom is -0.481 e. The number of carbonyl (C=O) groups is 3. The van der Waals surface area contributed by atoms with Crippen molar-refractivity contribution in [2.45, 2.75) is 58.8 Å². The highest BCUT2D eigenvalue weighted by Gasteiger charge is 2.36. The summed E-state index contributed by atoms with van der Waals surface area (Å²) in [5, 5.41) is 9.25. The van der Waals surface area contributed by atoms with Crippen LogP contribution < -0.4 is 10.9 Å². The highest BCUT2D eigenvalue weighted by molar-refractivity contribution is 5.97. The molecule has 1 aliphatic carbocycles. The van der Waals surface area contributed by atoms with Crippen molar-refractivity contribution in [2.24, 2.45) is 5.41 Å². The molecule has 0 unspecified atom stereocenters. The maximum absolute atomic E-state index is 13.2. The number of benzene rings is 1. The predicted molar refractivity (Wildman–Crippen MR) is 113 cm³/mol. The summed E-state index contributed by atoms with van der Waals surface area (Å²) in [6, 6.07) is 7.67. The zero-order valence-electron chi connectivity index (χ0n) is 17.8. The fourth-order valence-electron chi connectivity index (χ4n) is 4.60. The topological polar surface area (TPSA) is 100 Å². The quantitative estimate of drug-likeness (QED) is 0.608. The number of hydrogen-bond acceptors (Lipinski definition) is 3. The Morgan fingerprint density at radius 3 is 2.29 bits per heavy atom. The molecule has 7 nitrogen and oxygen atoms in total. The maximum Gasteiger partial charge on any atom is 0.303 e. The standard InChI is InChI=1S/C23H28FN3O4/c1-15-12-19(16(2)27(15)18-8-6-17(24)7-9-18)22(31)26-25-20(28)13-23(14-21(29)30)10-4-3-5-11-23/h6-9,12H,3-5,10-11,13-14H2,1-2H3,(H,25,28)(H,26,31)(H,29,30). The summed E-state index contributed by atoms with van der Waals surface area (Å²) in [6.07, 6.45) is 4.26. The Morgan fingerprint density at radius 2 is 1.68 bits per heavy atom. The van der Waals surface area contributed by atoms with Gasteiger partial charge in [0, 0.05) is 23.5 Å². The van der Waals surface area contributed by atoms with Gasteiger partial charge in [-0.25, -0.2) is 4.39 Å². The van der Waals surface area contributed by atoms with Crippen molar-refractivity contribution >= 4 is 17.8 Å². The molecule has 1 aromatic carbocycles. The molecule has 1 fully saturated rings. The van der Waals surface area contributed by atoms with Gasteiger partial charge in [-0.1, -0.05) is 19.3 Å². The smallest absolute Gasteiger partial charge is 0.303 e. The van der Waals surface area contributed by atoms with Crippen LogP contribution >= 0.6 is 0 Å². The highest BCUT2D eigenvalue weighted by atomic mass is 19.1. The first-order valence-corrected chi connectivity index (χ1v) is 10.5. The second-order valence-electron chi connectivity index (χ2n) is 8.41. The number of halogens is 1. The minimum atomic E-state index is -0.910. The van der Waals surface area contributed by atoms with Crippen molar-refractivity contribution in [3.8, 4) is 5.69 Å². The van der Waals surface area contributed by atoms with Gasteiger partial charge in [0.25, 0.3) is 5.91 Å². The van der Waals surface area contributed by atoms with E-state index in [0.717, 1.165) is 30.6 Å². The Labute approximate surface area is 180 Å². The second kappa shape index (κ2) is 9.32. The third-order valence-corrected chi connectivity index (χ3v) is 6.05. The molecule has 0 saturated heterocycles. The zero-order chi connectivity index (χ0) is 22.6. The monoisotopic (exact) mass is 429 g/mol. The van der Waals surface area contributed by atoms with Crippen molar-refractivity contribution < 1.29 is 23.9 Å². The summed E-state index contributed by atoms with van der Waals surface area (Å²) in [5.41, 5.74) is 6.89. The minimum absolute atomic E-state index is 0.0484. The molecule has 1 aromatic heterocycles. The van der Waals surface area contributed by atoms with E-state index >= 15 is 0 Å². The second-order valence-corrected chi connectivity index (χ2v) is 8.41. The maximum atomic E-state index is 13.2. The van der Waals surface area contributed by atoms with Crippen LogP contribution in [-0.2, 0) is 9.59 Å². The summed E-state index contributed by atoms with van der Waals surface area (Å²) in [7, 11) is 0. The lowest BCUT2D eigenvalue weighted by Gasteiger charge is -2.35. The number of carbonyl (C=O) groups excluding carboxylic acids is 2. The Kier molecular flexibility index (Phi) is 6.77. The molecule has 0 bridgehead atoms. The molecular weight excluding hydrogens is 401 g/mol. The fourth-order valence-corrected chi connectivity index (χ4v) is 4.60. The van der Waals surface area contributed by atoms with Crippen molar-refractivity contribution in [3.05, 3.63) is 53.1 Å². The van der Waals surface area contributed by atoms with Crippen LogP contribution in [0.4, 0.5) is 4.39 Å². The van der Waals surface area contributed by atoms with Gasteiger partial charge in [-0.2, -0.15) is 0 Å². The van der Waals surface area contributed by atoms with Crippen LogP contribution in [0.15, 0.2) is 30.3 Å². The van der Waals surface area contributed by atoms with Crippen LogP contribution in [0.25, 0.3) is 5.69 Å². The third-order valence-electron chi connectivity index (χ3n) is 6.05. The molecule has 166 valence electrons. The summed E-state index contributed by atoms with van der Waals surface area (Å²) < 4.78 is 15.1. The Balaban J connectivity index is 1.66. The lowest BCUT2D eigenvalue weighted by atomic mass is 9.69. The van der Waals surface area contributed by atoms with Gasteiger partial charge in [-0.15, -0.1) is 0 Å². The number of carboxylic acid groups (broad SMARTS) is 1. The van der Waals surface area contributed by atoms with Crippen LogP contribution in [0.1, 0.15) is 66.7 Å². The highest BCUT2D eigenvalue weighted by Crippen LogP contribution is 2.42. The number of rotatable bonds is 6. The molecule has 0 atom stereocenters. The van der Waals surface area contributed by atoms with Crippen molar-refractivity contribution in [2.75, 3.05) is 0 Å². The predicted octanol–water partition coefficient (Wildman–Crippen LogP) is 3.81. The number of aryl methyl sites for hydroxylation is 1. The number of hydrogen-bond donors (Lipinski definition) is 3. The first-order valence-electron chi connectivity index (χ1n) is 10.5. The van der Waals surface area contributed by atoms with Crippen LogP contribution in [0, 0.1) is 25.1 Å². The molecule has 0 radical (unpaired) electrons. The lowest BCUT2D eigenvalue weighted by Crippen LogP contribution is -2.44. The van der Waals surface area contributed by atoms with Gasteiger partial charge >= 0.3 is 5.97 Å². The molecule has 31 heavy (non-hydrogen) atoms. The summed E-state index contributed by atoms with van der Waals surface area (Å²) >= 11 is 0. The van der Waals surface area contributed by atoms with E-state index < -0.39 is 23.2 Å². The molecule has 1 heterocycles. The third kappa shape index (κ3) is 5.31. The average molecular weight is 429 g/mol. The van der Waals surface area contributed by atoms with Gasteiger partial charge in [0.15, 0.2) is 0 Å². The lowest BCUT2D eigenvalue weighted by molar-refractivity contribution is -0.141. The van der Waals surface area contributed by atoms with Gasteiger partial charge in [0.2, 0.25) is 5.91 Å². The molecule has 0 spiro atoms. The first kappa shape index (κ1) is 22.5. The molecule has 0 aliphatic heterocycles. The largest absolute Gasteiger partial charge is 0.481 e. The van der Waals surface area contributed by atoms with Gasteiger partial charge in [-0.3, -0.25) is 25.2 Å². The molecular formula is C23H28FN3O4. The first-order chi connectivity index (χ1) is 14.7. The van der Waals surface area contributed by atoms with Gasteiger partial charge in [0.05, 0.1) is 12.0 Å². The Hall–Kier alpha value is -3.16. The van der Waals surface area contributed by atoms with E-state index in [1.807, 2.05) is 11.5 Å². The van der Waals surface area contributed by atoms with E-state index in [9.17, 15) is 23.9 Å². The van der Waals surface area contributed by atoms with Gasteiger partial charge < -0.3 is 9.67 Å². The van der Waals surface area contributed by atoms with Crippen LogP contribution in [-0.4, -0.2) is 27.5 Å². The van der Waals surface area contributed by atoms with Crippen LogP contribution in [0.5, 0.6) is 0 Å². The SMILES string of the molecule is Cc1cc(C(=O)NNC(=O)CC2(CC(=O)O)CCCCC2)c(C)n1-c1ccc(F)cc1. The van der Waals surface area contributed by atoms with Crippen molar-refractivity contribution in [3.63, 3.8) is 0 Å². The number of aliphatic carboxylic acids is 1. The molecule has 1 saturated carbocycles. The van der Waals surface area contributed by atoms with Gasteiger partial charge in [-0.05, 0) is 62.4 Å². The number of carboxylic acids is 1. The average Bonchev–Trinajstić information content (AvgIpc) is 3.01. The van der Waals surface area contributed by atoms with Crippen molar-refractivity contribution in [1.29, 1.82) is 0 Å².